The number of rotatable bonds is 4. The lowest BCUT2D eigenvalue weighted by Gasteiger charge is -2.27. The Kier molecular flexibility index (Phi) is 8.01. The first-order chi connectivity index (χ1) is 18.6. The molecular weight excluding hydrogens is 536 g/mol. The van der Waals surface area contributed by atoms with Crippen LogP contribution < -0.4 is 9.64 Å². The second-order valence-corrected chi connectivity index (χ2v) is 12.7. The molecule has 1 atom stereocenters. The topological polar surface area (TPSA) is 142 Å². The van der Waals surface area contributed by atoms with E-state index in [4.69, 9.17) is 19.3 Å². The molecule has 1 N–H and O–H groups in total. The van der Waals surface area contributed by atoms with Crippen molar-refractivity contribution in [3.8, 4) is 5.75 Å². The van der Waals surface area contributed by atoms with Gasteiger partial charge in [0.05, 0.1) is 36.5 Å². The first-order valence-electron chi connectivity index (χ1n) is 12.9. The molecule has 0 saturated heterocycles. The fraction of sp³-hybridized carbons (Fsp3) is 0.556. The smallest absolute Gasteiger partial charge is 0.427 e. The van der Waals surface area contributed by atoms with Crippen molar-refractivity contribution in [3.63, 3.8) is 0 Å². The van der Waals surface area contributed by atoms with E-state index in [1.54, 1.807) is 59.5 Å². The predicted octanol–water partition coefficient (Wildman–Crippen LogP) is 4.58. The highest BCUT2D eigenvalue weighted by molar-refractivity contribution is 7.99. The van der Waals surface area contributed by atoms with Crippen molar-refractivity contribution >= 4 is 40.9 Å². The Bertz CT molecular complexity index is 1430. The molecule has 0 aliphatic carbocycles. The number of hydrogen-bond donors (Lipinski definition) is 1. The van der Waals surface area contributed by atoms with Crippen molar-refractivity contribution in [1.82, 2.24) is 24.7 Å². The molecular formula is C27H36N6O6S. The van der Waals surface area contributed by atoms with Crippen molar-refractivity contribution in [3.05, 3.63) is 28.7 Å². The van der Waals surface area contributed by atoms with Crippen LogP contribution in [0.1, 0.15) is 64.1 Å². The summed E-state index contributed by atoms with van der Waals surface area (Å²) in [4.78, 5) is 41.2. The number of anilines is 1. The Balaban J connectivity index is 1.90. The maximum absolute atomic E-state index is 13.3. The third-order valence-electron chi connectivity index (χ3n) is 5.86. The Morgan fingerprint density at radius 3 is 2.30 bits per heavy atom. The minimum Gasteiger partial charge on any atom is -0.496 e. The Morgan fingerprint density at radius 2 is 1.73 bits per heavy atom. The molecule has 4 heterocycles. The van der Waals surface area contributed by atoms with Crippen LogP contribution >= 0.6 is 11.8 Å². The number of ether oxygens (including phenoxy) is 3. The number of carbonyl (C=O) groups excluding carboxylic acids is 2. The number of nitrogens with zero attached hydrogens (tertiary/aromatic N) is 6. The molecule has 0 fully saturated rings. The molecule has 0 aromatic carbocycles. The average Bonchev–Trinajstić information content (AvgIpc) is 3.05. The first-order valence-corrected chi connectivity index (χ1v) is 13.9. The SMILES string of the molecule is COc1c(C)cnc(Cn2nc3c4c(nc(N(C(=O)OC(C)(C)C)C(=O)OC(C)(C)C)nc42)SCC(O)C3)c1C. The van der Waals surface area contributed by atoms with Gasteiger partial charge in [0.15, 0.2) is 5.65 Å². The molecule has 12 nitrogen and oxygen atoms in total. The van der Waals surface area contributed by atoms with Crippen LogP contribution in [0.3, 0.4) is 0 Å². The van der Waals surface area contributed by atoms with Crippen LogP contribution in [0.25, 0.3) is 11.0 Å². The molecule has 0 radical (unpaired) electrons. The van der Waals surface area contributed by atoms with E-state index >= 15 is 0 Å². The summed E-state index contributed by atoms with van der Waals surface area (Å²) in [7, 11) is 1.61. The van der Waals surface area contributed by atoms with Gasteiger partial charge in [-0.3, -0.25) is 4.98 Å². The summed E-state index contributed by atoms with van der Waals surface area (Å²) in [6, 6.07) is 0. The van der Waals surface area contributed by atoms with Gasteiger partial charge in [-0.25, -0.2) is 19.3 Å². The zero-order chi connectivity index (χ0) is 29.6. The van der Waals surface area contributed by atoms with Crippen LogP contribution in [0, 0.1) is 13.8 Å². The normalized spacial score (nSPS) is 15.5. The minimum absolute atomic E-state index is 0.214. The number of aromatic nitrogens is 5. The van der Waals surface area contributed by atoms with Crippen LogP contribution in [0.4, 0.5) is 15.5 Å². The van der Waals surface area contributed by atoms with Gasteiger partial charge in [-0.05, 0) is 55.4 Å². The van der Waals surface area contributed by atoms with E-state index in [1.807, 2.05) is 13.8 Å². The Hall–Kier alpha value is -3.45. The lowest BCUT2D eigenvalue weighted by Crippen LogP contribution is -2.44. The lowest BCUT2D eigenvalue weighted by atomic mass is 10.1. The first kappa shape index (κ1) is 29.5. The van der Waals surface area contributed by atoms with E-state index in [2.05, 4.69) is 15.0 Å². The van der Waals surface area contributed by atoms with E-state index in [9.17, 15) is 14.7 Å². The summed E-state index contributed by atoms with van der Waals surface area (Å²) in [6.45, 7) is 14.2. The van der Waals surface area contributed by atoms with Gasteiger partial charge in [-0.2, -0.15) is 10.1 Å². The van der Waals surface area contributed by atoms with E-state index in [1.165, 1.54) is 11.8 Å². The highest BCUT2D eigenvalue weighted by Crippen LogP contribution is 2.35. The number of thioether (sulfide) groups is 1. The number of aliphatic hydroxyl groups excluding tert-OH is 1. The van der Waals surface area contributed by atoms with Gasteiger partial charge in [-0.1, -0.05) is 0 Å². The molecule has 1 aliphatic heterocycles. The predicted molar refractivity (Wildman–Crippen MR) is 150 cm³/mol. The quantitative estimate of drug-likeness (QED) is 0.439. The summed E-state index contributed by atoms with van der Waals surface area (Å²) in [6.07, 6.45) is -0.577. The molecule has 0 bridgehead atoms. The molecule has 4 rings (SSSR count). The van der Waals surface area contributed by atoms with Crippen molar-refractivity contribution in [2.24, 2.45) is 0 Å². The summed E-state index contributed by atoms with van der Waals surface area (Å²) >= 11 is 1.30. The maximum atomic E-state index is 13.3. The monoisotopic (exact) mass is 572 g/mol. The largest absolute Gasteiger partial charge is 0.496 e. The van der Waals surface area contributed by atoms with Crippen molar-refractivity contribution in [2.45, 2.75) is 90.7 Å². The molecule has 1 aliphatic rings. The van der Waals surface area contributed by atoms with Crippen molar-refractivity contribution in [1.29, 1.82) is 0 Å². The van der Waals surface area contributed by atoms with Crippen LogP contribution in [-0.2, 0) is 22.4 Å². The fourth-order valence-corrected chi connectivity index (χ4v) is 5.21. The van der Waals surface area contributed by atoms with E-state index in [-0.39, 0.29) is 12.5 Å². The van der Waals surface area contributed by atoms with Gasteiger partial charge in [-0.15, -0.1) is 16.7 Å². The number of pyridine rings is 1. The highest BCUT2D eigenvalue weighted by Gasteiger charge is 2.36. The lowest BCUT2D eigenvalue weighted by molar-refractivity contribution is 0.0427. The number of amides is 2. The average molecular weight is 573 g/mol. The third kappa shape index (κ3) is 6.30. The second kappa shape index (κ2) is 10.8. The van der Waals surface area contributed by atoms with Gasteiger partial charge in [0.2, 0.25) is 5.95 Å². The zero-order valence-electron chi connectivity index (χ0n) is 24.4. The fourth-order valence-electron chi connectivity index (χ4n) is 4.24. The van der Waals surface area contributed by atoms with E-state index in [0.29, 0.717) is 44.5 Å². The Morgan fingerprint density at radius 1 is 1.10 bits per heavy atom. The molecule has 3 aromatic rings. The summed E-state index contributed by atoms with van der Waals surface area (Å²) in [5, 5.41) is 16.5. The molecule has 0 spiro atoms. The minimum atomic E-state index is -0.973. The van der Waals surface area contributed by atoms with Gasteiger partial charge < -0.3 is 19.3 Å². The van der Waals surface area contributed by atoms with Crippen molar-refractivity contribution < 1.29 is 28.9 Å². The van der Waals surface area contributed by atoms with Crippen LogP contribution in [-0.4, -0.2) is 72.2 Å². The number of aliphatic hydroxyl groups is 1. The van der Waals surface area contributed by atoms with Crippen molar-refractivity contribution in [2.75, 3.05) is 17.8 Å². The van der Waals surface area contributed by atoms with Crippen LogP contribution in [0.15, 0.2) is 11.2 Å². The van der Waals surface area contributed by atoms with Gasteiger partial charge in [0.25, 0.3) is 0 Å². The summed E-state index contributed by atoms with van der Waals surface area (Å²) < 4.78 is 18.3. The van der Waals surface area contributed by atoms with Crippen LogP contribution in [0.2, 0.25) is 0 Å². The molecule has 216 valence electrons. The maximum Gasteiger partial charge on any atom is 0.427 e. The summed E-state index contributed by atoms with van der Waals surface area (Å²) in [5.74, 6) is 0.871. The van der Waals surface area contributed by atoms with E-state index < -0.39 is 29.5 Å². The van der Waals surface area contributed by atoms with Gasteiger partial charge in [0.1, 0.15) is 22.0 Å². The molecule has 0 saturated carbocycles. The Labute approximate surface area is 237 Å². The number of carbonyl (C=O) groups is 2. The number of imide groups is 1. The molecule has 3 aromatic heterocycles. The molecule has 1 unspecified atom stereocenters. The highest BCUT2D eigenvalue weighted by atomic mass is 32.2. The number of aryl methyl sites for hydroxylation is 1. The molecule has 40 heavy (non-hydrogen) atoms. The van der Waals surface area contributed by atoms with E-state index in [0.717, 1.165) is 16.9 Å². The standard InChI is InChI=1S/C27H36N6O6S/c1-14-11-28-18(15(2)20(14)37-9)12-32-21-19-17(31-32)10-16(34)13-40-22(19)30-23(29-21)33(24(35)38-26(3,4)5)25(36)39-27(6,7)8/h11,16,34H,10,12-13H2,1-9H3. The number of hydrogen-bond acceptors (Lipinski definition) is 11. The van der Waals surface area contributed by atoms with Gasteiger partial charge >= 0.3 is 12.2 Å². The molecule has 2 amide bonds. The third-order valence-corrected chi connectivity index (χ3v) is 6.98. The van der Waals surface area contributed by atoms with Crippen LogP contribution in [0.5, 0.6) is 5.75 Å². The number of methoxy groups -OCH3 is 1. The molecule has 13 heteroatoms. The zero-order valence-corrected chi connectivity index (χ0v) is 25.2. The second-order valence-electron chi connectivity index (χ2n) is 11.6. The van der Waals surface area contributed by atoms with Gasteiger partial charge in [0, 0.05) is 29.5 Å². The summed E-state index contributed by atoms with van der Waals surface area (Å²) in [5.41, 5.74) is 1.68.